The van der Waals surface area contributed by atoms with E-state index in [1.165, 1.54) is 23.5 Å². The third kappa shape index (κ3) is 2.80. The van der Waals surface area contributed by atoms with E-state index >= 15 is 0 Å². The van der Waals surface area contributed by atoms with Crippen molar-refractivity contribution in [3.05, 3.63) is 50.9 Å². The molecule has 1 aromatic carbocycles. The van der Waals surface area contributed by atoms with E-state index in [1.807, 2.05) is 0 Å². The van der Waals surface area contributed by atoms with Crippen molar-refractivity contribution < 1.29 is 19.0 Å². The van der Waals surface area contributed by atoms with Crippen LogP contribution < -0.4 is 4.74 Å². The lowest BCUT2D eigenvalue weighted by Crippen LogP contribution is -2.04. The Hall–Kier alpha value is -1.59. The van der Waals surface area contributed by atoms with E-state index in [-0.39, 0.29) is 17.9 Å². The number of hydrogen-bond acceptors (Lipinski definition) is 3. The lowest BCUT2D eigenvalue weighted by molar-refractivity contribution is 0.0690. The van der Waals surface area contributed by atoms with Crippen LogP contribution in [-0.2, 0) is 6.61 Å². The fourth-order valence-electron chi connectivity index (χ4n) is 1.40. The number of thiophene rings is 1. The predicted octanol–water partition coefficient (Wildman–Crippen LogP) is 3.82. The van der Waals surface area contributed by atoms with Gasteiger partial charge in [0.05, 0.1) is 4.34 Å². The van der Waals surface area contributed by atoms with E-state index in [0.29, 0.717) is 4.34 Å². The van der Waals surface area contributed by atoms with E-state index in [2.05, 4.69) is 0 Å². The van der Waals surface area contributed by atoms with Gasteiger partial charge in [-0.15, -0.1) is 11.3 Å². The SMILES string of the molecule is O=C(O)c1cccc(F)c1OCc1ccc(Cl)s1. The molecule has 0 aliphatic carbocycles. The van der Waals surface area contributed by atoms with Gasteiger partial charge >= 0.3 is 5.97 Å². The molecule has 0 fully saturated rings. The summed E-state index contributed by atoms with van der Waals surface area (Å²) in [5, 5.41) is 8.93. The average Bonchev–Trinajstić information content (AvgIpc) is 2.73. The van der Waals surface area contributed by atoms with Gasteiger partial charge in [-0.3, -0.25) is 0 Å². The van der Waals surface area contributed by atoms with Crippen LogP contribution in [0.15, 0.2) is 30.3 Å². The van der Waals surface area contributed by atoms with Crippen LogP contribution in [0.1, 0.15) is 15.2 Å². The number of carboxylic acid groups (broad SMARTS) is 1. The zero-order valence-electron chi connectivity index (χ0n) is 9.02. The molecule has 0 radical (unpaired) electrons. The van der Waals surface area contributed by atoms with Gasteiger partial charge in [-0.05, 0) is 24.3 Å². The van der Waals surface area contributed by atoms with Crippen molar-refractivity contribution in [2.75, 3.05) is 0 Å². The van der Waals surface area contributed by atoms with Crippen LogP contribution in [0, 0.1) is 5.82 Å². The molecule has 2 aromatic rings. The summed E-state index contributed by atoms with van der Waals surface area (Å²) in [4.78, 5) is 11.7. The number of ether oxygens (including phenoxy) is 1. The van der Waals surface area contributed by atoms with Crippen LogP contribution >= 0.6 is 22.9 Å². The zero-order chi connectivity index (χ0) is 13.1. The van der Waals surface area contributed by atoms with Crippen LogP contribution in [0.5, 0.6) is 5.75 Å². The molecule has 0 atom stereocenters. The van der Waals surface area contributed by atoms with E-state index in [1.54, 1.807) is 12.1 Å². The number of carbonyl (C=O) groups is 1. The predicted molar refractivity (Wildman–Crippen MR) is 67.0 cm³/mol. The molecule has 94 valence electrons. The van der Waals surface area contributed by atoms with Gasteiger partial charge in [0.25, 0.3) is 0 Å². The molecule has 2 rings (SSSR count). The molecule has 0 unspecified atom stereocenters. The minimum Gasteiger partial charge on any atom is -0.484 e. The van der Waals surface area contributed by atoms with E-state index in [4.69, 9.17) is 21.4 Å². The fraction of sp³-hybridized carbons (Fsp3) is 0.0833. The molecule has 0 amide bonds. The minimum atomic E-state index is -1.23. The highest BCUT2D eigenvalue weighted by atomic mass is 35.5. The maximum absolute atomic E-state index is 13.5. The van der Waals surface area contributed by atoms with Crippen LogP contribution in [0.4, 0.5) is 4.39 Å². The number of benzene rings is 1. The molecule has 0 saturated carbocycles. The lowest BCUT2D eigenvalue weighted by atomic mass is 10.2. The summed E-state index contributed by atoms with van der Waals surface area (Å²) in [6.07, 6.45) is 0. The molecule has 1 aromatic heterocycles. The highest BCUT2D eigenvalue weighted by Gasteiger charge is 2.15. The molecule has 0 saturated heterocycles. The third-order valence-electron chi connectivity index (χ3n) is 2.19. The first-order valence-electron chi connectivity index (χ1n) is 4.96. The third-order valence-corrected chi connectivity index (χ3v) is 3.39. The molecular formula is C12H8ClFO3S. The summed E-state index contributed by atoms with van der Waals surface area (Å²) in [5.41, 5.74) is -0.197. The molecule has 3 nitrogen and oxygen atoms in total. The molecule has 1 heterocycles. The van der Waals surface area contributed by atoms with Crippen molar-refractivity contribution in [1.29, 1.82) is 0 Å². The molecule has 0 aliphatic rings. The first-order chi connectivity index (χ1) is 8.58. The number of para-hydroxylation sites is 1. The molecular weight excluding hydrogens is 279 g/mol. The van der Waals surface area contributed by atoms with Crippen molar-refractivity contribution in [3.8, 4) is 5.75 Å². The van der Waals surface area contributed by atoms with Gasteiger partial charge < -0.3 is 9.84 Å². The Bertz CT molecular complexity index is 582. The van der Waals surface area contributed by atoms with Crippen LogP contribution in [0.25, 0.3) is 0 Å². The van der Waals surface area contributed by atoms with Crippen LogP contribution in [0.2, 0.25) is 4.34 Å². The number of hydrogen-bond donors (Lipinski definition) is 1. The highest BCUT2D eigenvalue weighted by molar-refractivity contribution is 7.16. The minimum absolute atomic E-state index is 0.0819. The van der Waals surface area contributed by atoms with Gasteiger partial charge in [0.15, 0.2) is 11.6 Å². The number of rotatable bonds is 4. The van der Waals surface area contributed by atoms with Crippen LogP contribution in [0.3, 0.4) is 0 Å². The standard InChI is InChI=1S/C12H8ClFO3S/c13-10-5-4-7(18-10)6-17-11-8(12(15)16)2-1-3-9(11)14/h1-5H,6H2,(H,15,16). The number of aromatic carboxylic acids is 1. The normalized spacial score (nSPS) is 10.3. The van der Waals surface area contributed by atoms with Crippen molar-refractivity contribution in [2.45, 2.75) is 6.61 Å². The molecule has 6 heteroatoms. The summed E-state index contributed by atoms with van der Waals surface area (Å²) in [7, 11) is 0. The Balaban J connectivity index is 2.20. The van der Waals surface area contributed by atoms with Gasteiger partial charge in [-0.25, -0.2) is 9.18 Å². The van der Waals surface area contributed by atoms with Crippen molar-refractivity contribution in [1.82, 2.24) is 0 Å². The summed E-state index contributed by atoms with van der Waals surface area (Å²) >= 11 is 7.05. The monoisotopic (exact) mass is 286 g/mol. The molecule has 1 N–H and O–H groups in total. The van der Waals surface area contributed by atoms with Gasteiger partial charge in [-0.2, -0.15) is 0 Å². The van der Waals surface area contributed by atoms with E-state index in [9.17, 15) is 9.18 Å². The average molecular weight is 287 g/mol. The second-order valence-electron chi connectivity index (χ2n) is 3.42. The highest BCUT2D eigenvalue weighted by Crippen LogP contribution is 2.26. The quantitative estimate of drug-likeness (QED) is 0.929. The summed E-state index contributed by atoms with van der Waals surface area (Å²) in [6, 6.07) is 7.22. The Morgan fingerprint density at radius 1 is 1.39 bits per heavy atom. The Kier molecular flexibility index (Phi) is 3.84. The Labute approximate surface area is 111 Å². The lowest BCUT2D eigenvalue weighted by Gasteiger charge is -2.08. The van der Waals surface area contributed by atoms with Crippen LogP contribution in [-0.4, -0.2) is 11.1 Å². The number of carboxylic acids is 1. The van der Waals surface area contributed by atoms with E-state index < -0.39 is 11.8 Å². The van der Waals surface area contributed by atoms with Gasteiger partial charge in [0, 0.05) is 4.88 Å². The maximum atomic E-state index is 13.5. The van der Waals surface area contributed by atoms with Crippen molar-refractivity contribution in [3.63, 3.8) is 0 Å². The molecule has 18 heavy (non-hydrogen) atoms. The van der Waals surface area contributed by atoms with Gasteiger partial charge in [0.2, 0.25) is 0 Å². The second-order valence-corrected chi connectivity index (χ2v) is 5.22. The molecule has 0 bridgehead atoms. The summed E-state index contributed by atoms with van der Waals surface area (Å²) < 4.78 is 19.3. The maximum Gasteiger partial charge on any atom is 0.339 e. The second kappa shape index (κ2) is 5.37. The first-order valence-corrected chi connectivity index (χ1v) is 6.16. The zero-order valence-corrected chi connectivity index (χ0v) is 10.6. The molecule has 0 spiro atoms. The molecule has 0 aliphatic heterocycles. The largest absolute Gasteiger partial charge is 0.484 e. The van der Waals surface area contributed by atoms with Gasteiger partial charge in [-0.1, -0.05) is 17.7 Å². The van der Waals surface area contributed by atoms with Gasteiger partial charge in [0.1, 0.15) is 12.2 Å². The topological polar surface area (TPSA) is 46.5 Å². The van der Waals surface area contributed by atoms with E-state index in [0.717, 1.165) is 10.9 Å². The first kappa shape index (κ1) is 12.9. The summed E-state index contributed by atoms with van der Waals surface area (Å²) in [5.74, 6) is -2.18. The van der Waals surface area contributed by atoms with Crippen molar-refractivity contribution >= 4 is 28.9 Å². The number of halogens is 2. The smallest absolute Gasteiger partial charge is 0.339 e. The summed E-state index contributed by atoms with van der Waals surface area (Å²) in [6.45, 7) is 0.0819. The Morgan fingerprint density at radius 3 is 2.78 bits per heavy atom. The van der Waals surface area contributed by atoms with Crippen molar-refractivity contribution in [2.24, 2.45) is 0 Å². The fourth-order valence-corrected chi connectivity index (χ4v) is 2.40. The Morgan fingerprint density at radius 2 is 2.17 bits per heavy atom.